The van der Waals surface area contributed by atoms with Gasteiger partial charge in [0.15, 0.2) is 0 Å². The van der Waals surface area contributed by atoms with Gasteiger partial charge in [-0.25, -0.2) is 4.68 Å². The van der Waals surface area contributed by atoms with Crippen LogP contribution in [0.25, 0.3) is 0 Å². The van der Waals surface area contributed by atoms with E-state index in [4.69, 9.17) is 0 Å². The van der Waals surface area contributed by atoms with Crippen LogP contribution in [0, 0.1) is 0 Å². The first-order valence-electron chi connectivity index (χ1n) is 9.10. The third-order valence-electron chi connectivity index (χ3n) is 4.60. The van der Waals surface area contributed by atoms with Crippen molar-refractivity contribution in [2.45, 2.75) is 36.2 Å². The van der Waals surface area contributed by atoms with Gasteiger partial charge in [-0.1, -0.05) is 48.2 Å². The van der Waals surface area contributed by atoms with E-state index in [0.29, 0.717) is 11.7 Å². The molecule has 0 radical (unpaired) electrons. The SMILES string of the molecule is O=C(C(Sc1nnnn1Cc1cccs1)c1ccccc1)N1CCCCC1. The van der Waals surface area contributed by atoms with Crippen molar-refractivity contribution in [2.24, 2.45) is 0 Å². The molecule has 0 saturated carbocycles. The van der Waals surface area contributed by atoms with E-state index < -0.39 is 0 Å². The third-order valence-corrected chi connectivity index (χ3v) is 6.68. The van der Waals surface area contributed by atoms with Crippen LogP contribution in [0.3, 0.4) is 0 Å². The standard InChI is InChI=1S/C19H21N5OS2/c25-18(23-11-5-2-6-12-23)17(15-8-3-1-4-9-15)27-19-20-21-22-24(19)14-16-10-7-13-26-16/h1,3-4,7-10,13,17H,2,5-6,11-12,14H2. The largest absolute Gasteiger partial charge is 0.341 e. The van der Waals surface area contributed by atoms with Crippen LogP contribution in [-0.2, 0) is 11.3 Å². The lowest BCUT2D eigenvalue weighted by molar-refractivity contribution is -0.131. The zero-order valence-electron chi connectivity index (χ0n) is 14.9. The van der Waals surface area contributed by atoms with Crippen molar-refractivity contribution in [2.75, 3.05) is 13.1 Å². The van der Waals surface area contributed by atoms with Crippen molar-refractivity contribution in [3.8, 4) is 0 Å². The molecule has 1 saturated heterocycles. The summed E-state index contributed by atoms with van der Waals surface area (Å²) in [4.78, 5) is 16.5. The molecule has 0 bridgehead atoms. The summed E-state index contributed by atoms with van der Waals surface area (Å²) in [6, 6.07) is 14.0. The Bertz CT molecular complexity index is 859. The van der Waals surface area contributed by atoms with Crippen LogP contribution < -0.4 is 0 Å². The van der Waals surface area contributed by atoms with Gasteiger partial charge in [0.05, 0.1) is 6.54 Å². The number of piperidine rings is 1. The molecular formula is C19H21N5OS2. The van der Waals surface area contributed by atoms with Gasteiger partial charge in [-0.15, -0.1) is 16.4 Å². The number of amides is 1. The molecule has 6 nitrogen and oxygen atoms in total. The number of carbonyl (C=O) groups is 1. The lowest BCUT2D eigenvalue weighted by Gasteiger charge is -2.30. The third kappa shape index (κ3) is 4.39. The highest BCUT2D eigenvalue weighted by atomic mass is 32.2. The Labute approximate surface area is 166 Å². The van der Waals surface area contributed by atoms with Crippen LogP contribution in [-0.4, -0.2) is 44.1 Å². The number of nitrogens with zero attached hydrogens (tertiary/aromatic N) is 5. The first kappa shape index (κ1) is 18.2. The Morgan fingerprint density at radius 2 is 1.93 bits per heavy atom. The van der Waals surface area contributed by atoms with Crippen molar-refractivity contribution >= 4 is 29.0 Å². The Hall–Kier alpha value is -2.19. The van der Waals surface area contributed by atoms with Gasteiger partial charge < -0.3 is 4.90 Å². The molecule has 1 fully saturated rings. The van der Waals surface area contributed by atoms with E-state index in [1.807, 2.05) is 46.7 Å². The predicted molar refractivity (Wildman–Crippen MR) is 107 cm³/mol. The zero-order chi connectivity index (χ0) is 18.5. The summed E-state index contributed by atoms with van der Waals surface area (Å²) in [5, 5.41) is 14.5. The number of benzene rings is 1. The summed E-state index contributed by atoms with van der Waals surface area (Å²) in [5.74, 6) is 0.150. The molecule has 0 aliphatic carbocycles. The fourth-order valence-electron chi connectivity index (χ4n) is 3.20. The number of rotatable bonds is 6. The molecule has 1 amide bonds. The van der Waals surface area contributed by atoms with Crippen LogP contribution >= 0.6 is 23.1 Å². The lowest BCUT2D eigenvalue weighted by Crippen LogP contribution is -2.38. The van der Waals surface area contributed by atoms with Crippen molar-refractivity contribution in [1.82, 2.24) is 25.1 Å². The number of thioether (sulfide) groups is 1. The molecule has 0 spiro atoms. The molecule has 4 rings (SSSR count). The number of hydrogen-bond donors (Lipinski definition) is 0. The zero-order valence-corrected chi connectivity index (χ0v) is 16.5. The molecule has 140 valence electrons. The average Bonchev–Trinajstić information content (AvgIpc) is 3.39. The van der Waals surface area contributed by atoms with E-state index >= 15 is 0 Å². The number of likely N-dealkylation sites (tertiary alicyclic amines) is 1. The fourth-order valence-corrected chi connectivity index (χ4v) is 4.95. The second-order valence-electron chi connectivity index (χ2n) is 6.49. The van der Waals surface area contributed by atoms with Gasteiger partial charge in [0.25, 0.3) is 0 Å². The quantitative estimate of drug-likeness (QED) is 0.592. The van der Waals surface area contributed by atoms with Crippen LogP contribution in [0.4, 0.5) is 0 Å². The normalized spacial score (nSPS) is 15.6. The van der Waals surface area contributed by atoms with Gasteiger partial charge in [0, 0.05) is 18.0 Å². The summed E-state index contributed by atoms with van der Waals surface area (Å²) in [5.41, 5.74) is 0.990. The molecule has 1 atom stereocenters. The van der Waals surface area contributed by atoms with Crippen LogP contribution in [0.15, 0.2) is 53.0 Å². The number of carbonyl (C=O) groups excluding carboxylic acids is 1. The molecule has 3 heterocycles. The molecule has 1 aliphatic rings. The van der Waals surface area contributed by atoms with E-state index in [-0.39, 0.29) is 11.2 Å². The highest BCUT2D eigenvalue weighted by molar-refractivity contribution is 8.00. The first-order chi connectivity index (χ1) is 13.3. The monoisotopic (exact) mass is 399 g/mol. The Balaban J connectivity index is 1.58. The molecule has 1 unspecified atom stereocenters. The number of tetrazole rings is 1. The smallest absolute Gasteiger partial charge is 0.240 e. The number of hydrogen-bond acceptors (Lipinski definition) is 6. The van der Waals surface area contributed by atoms with Gasteiger partial charge in [-0.2, -0.15) is 0 Å². The molecule has 1 aromatic carbocycles. The molecule has 0 N–H and O–H groups in total. The topological polar surface area (TPSA) is 63.9 Å². The van der Waals surface area contributed by atoms with Crippen molar-refractivity contribution in [3.05, 3.63) is 58.3 Å². The molecule has 27 heavy (non-hydrogen) atoms. The van der Waals surface area contributed by atoms with Gasteiger partial charge in [0.2, 0.25) is 11.1 Å². The molecule has 1 aliphatic heterocycles. The predicted octanol–water partition coefficient (Wildman–Crippen LogP) is 3.63. The molecular weight excluding hydrogens is 378 g/mol. The molecule has 2 aromatic heterocycles. The van der Waals surface area contributed by atoms with E-state index in [9.17, 15) is 4.79 Å². The van der Waals surface area contributed by atoms with E-state index in [1.54, 1.807) is 16.0 Å². The van der Waals surface area contributed by atoms with Crippen LogP contribution in [0.2, 0.25) is 0 Å². The fraction of sp³-hybridized carbons (Fsp3) is 0.368. The first-order valence-corrected chi connectivity index (χ1v) is 10.9. The van der Waals surface area contributed by atoms with E-state index in [0.717, 1.165) is 31.5 Å². The summed E-state index contributed by atoms with van der Waals surface area (Å²) >= 11 is 3.11. The number of aromatic nitrogens is 4. The average molecular weight is 400 g/mol. The van der Waals surface area contributed by atoms with E-state index in [2.05, 4.69) is 21.6 Å². The van der Waals surface area contributed by atoms with Crippen LogP contribution in [0.5, 0.6) is 0 Å². The molecule has 8 heteroatoms. The minimum Gasteiger partial charge on any atom is -0.341 e. The van der Waals surface area contributed by atoms with Gasteiger partial charge in [-0.3, -0.25) is 4.79 Å². The summed E-state index contributed by atoms with van der Waals surface area (Å²) in [6.45, 7) is 2.29. The maximum Gasteiger partial charge on any atom is 0.240 e. The summed E-state index contributed by atoms with van der Waals surface area (Å²) < 4.78 is 1.77. The maximum absolute atomic E-state index is 13.3. The highest BCUT2D eigenvalue weighted by Gasteiger charge is 2.29. The van der Waals surface area contributed by atoms with Gasteiger partial charge >= 0.3 is 0 Å². The van der Waals surface area contributed by atoms with Gasteiger partial charge in [-0.05, 0) is 46.7 Å². The Morgan fingerprint density at radius 3 is 2.67 bits per heavy atom. The van der Waals surface area contributed by atoms with Crippen molar-refractivity contribution in [3.63, 3.8) is 0 Å². The second-order valence-corrected chi connectivity index (χ2v) is 8.60. The van der Waals surface area contributed by atoms with E-state index in [1.165, 1.54) is 23.1 Å². The second kappa shape index (κ2) is 8.67. The minimum absolute atomic E-state index is 0.150. The maximum atomic E-state index is 13.3. The Morgan fingerprint density at radius 1 is 1.11 bits per heavy atom. The summed E-state index contributed by atoms with van der Waals surface area (Å²) in [6.07, 6.45) is 3.36. The Kier molecular flexibility index (Phi) is 5.84. The lowest BCUT2D eigenvalue weighted by atomic mass is 10.1. The van der Waals surface area contributed by atoms with Gasteiger partial charge in [0.1, 0.15) is 5.25 Å². The molecule has 3 aromatic rings. The minimum atomic E-state index is -0.336. The van der Waals surface area contributed by atoms with Crippen molar-refractivity contribution < 1.29 is 4.79 Å². The van der Waals surface area contributed by atoms with Crippen LogP contribution in [0.1, 0.15) is 35.0 Å². The summed E-state index contributed by atoms with van der Waals surface area (Å²) in [7, 11) is 0. The highest BCUT2D eigenvalue weighted by Crippen LogP contribution is 2.36. The number of thiophene rings is 1. The van der Waals surface area contributed by atoms with Crippen molar-refractivity contribution in [1.29, 1.82) is 0 Å².